The molecule has 0 N–H and O–H groups in total. The Morgan fingerprint density at radius 2 is 0.677 bits per heavy atom. The average molecular weight is 457 g/mol. The molecule has 0 spiro atoms. The summed E-state index contributed by atoms with van der Waals surface area (Å²) in [5, 5.41) is 0. The molecule has 0 radical (unpaired) electrons. The average Bonchev–Trinajstić information content (AvgIpc) is 3.60. The molecule has 0 unspecified atom stereocenters. The molecule has 0 aliphatic rings. The van der Waals surface area contributed by atoms with Gasteiger partial charge in [-0.3, -0.25) is 0 Å². The monoisotopic (exact) mass is 456 g/mol. The number of rotatable bonds is 6. The highest BCUT2D eigenvalue weighted by Crippen LogP contribution is 2.37. The first-order chi connectivity index (χ1) is 15.2. The molecule has 2 aromatic carbocycles. The predicted molar refractivity (Wildman–Crippen MR) is 141 cm³/mol. The van der Waals surface area contributed by atoms with E-state index in [0.29, 0.717) is 0 Å². The Morgan fingerprint density at radius 1 is 0.387 bits per heavy atom. The first-order valence-electron chi connectivity index (χ1n) is 10.7. The second-order valence-electron chi connectivity index (χ2n) is 7.56. The largest absolute Gasteiger partial charge is 0.140 e. The number of hydrogen-bond acceptors (Lipinski definition) is 3. The number of hydrogen-bond donors (Lipinski definition) is 0. The highest BCUT2D eigenvalue weighted by atomic mass is 32.1. The summed E-state index contributed by atoms with van der Waals surface area (Å²) in [5.41, 5.74) is 5.19. The lowest BCUT2D eigenvalue weighted by atomic mass is 10.1. The molecule has 0 aliphatic carbocycles. The van der Waals surface area contributed by atoms with Gasteiger partial charge in [-0.2, -0.15) is 0 Å². The topological polar surface area (TPSA) is 0 Å². The van der Waals surface area contributed by atoms with Crippen molar-refractivity contribution in [2.75, 3.05) is 0 Å². The van der Waals surface area contributed by atoms with E-state index in [0.717, 1.165) is 12.8 Å². The maximum atomic E-state index is 2.25. The molecule has 5 aromatic rings. The second-order valence-corrected chi connectivity index (χ2v) is 11.0. The quantitative estimate of drug-likeness (QED) is 0.238. The summed E-state index contributed by atoms with van der Waals surface area (Å²) in [6.45, 7) is 4.43. The molecule has 154 valence electrons. The lowest BCUT2D eigenvalue weighted by Crippen LogP contribution is -1.75. The zero-order chi connectivity index (χ0) is 21.2. The summed E-state index contributed by atoms with van der Waals surface area (Å²) in [4.78, 5) is 8.23. The van der Waals surface area contributed by atoms with Gasteiger partial charge in [0.2, 0.25) is 0 Å². The normalized spacial score (nSPS) is 11.2. The first-order valence-corrected chi connectivity index (χ1v) is 13.2. The smallest absolute Gasteiger partial charge is 0.0349 e. The molecule has 0 amide bonds. The Balaban J connectivity index is 1.34. The molecule has 3 heterocycles. The molecule has 0 bridgehead atoms. The van der Waals surface area contributed by atoms with Crippen molar-refractivity contribution < 1.29 is 0 Å². The maximum absolute atomic E-state index is 2.25. The third-order valence-corrected chi connectivity index (χ3v) is 9.27. The van der Waals surface area contributed by atoms with E-state index in [1.165, 1.54) is 51.5 Å². The van der Waals surface area contributed by atoms with Crippen LogP contribution in [-0.4, -0.2) is 0 Å². The number of aryl methyl sites for hydroxylation is 2. The Morgan fingerprint density at radius 3 is 0.968 bits per heavy atom. The second kappa shape index (κ2) is 8.96. The molecule has 5 rings (SSSR count). The van der Waals surface area contributed by atoms with Gasteiger partial charge in [0, 0.05) is 29.3 Å². The molecular weight excluding hydrogens is 433 g/mol. The maximum Gasteiger partial charge on any atom is 0.0349 e. The van der Waals surface area contributed by atoms with Crippen molar-refractivity contribution in [1.29, 1.82) is 0 Å². The van der Waals surface area contributed by atoms with Crippen LogP contribution in [0, 0.1) is 0 Å². The molecule has 3 heteroatoms. The fourth-order valence-corrected chi connectivity index (χ4v) is 6.61. The molecular formula is C28H24S3. The third-order valence-electron chi connectivity index (χ3n) is 5.53. The molecule has 0 aliphatic heterocycles. The molecule has 0 saturated heterocycles. The van der Waals surface area contributed by atoms with Crippen LogP contribution in [0.5, 0.6) is 0 Å². The number of benzene rings is 2. The van der Waals surface area contributed by atoms with Gasteiger partial charge in [0.25, 0.3) is 0 Å². The van der Waals surface area contributed by atoms with Gasteiger partial charge in [0.1, 0.15) is 0 Å². The molecule has 0 atom stereocenters. The Labute approximate surface area is 196 Å². The lowest BCUT2D eigenvalue weighted by molar-refractivity contribution is 1.19. The van der Waals surface area contributed by atoms with Gasteiger partial charge < -0.3 is 0 Å². The molecule has 0 nitrogen and oxygen atoms in total. The van der Waals surface area contributed by atoms with Gasteiger partial charge in [-0.25, -0.2) is 0 Å². The van der Waals surface area contributed by atoms with Crippen LogP contribution in [0.1, 0.15) is 23.6 Å². The zero-order valence-corrected chi connectivity index (χ0v) is 20.2. The van der Waals surface area contributed by atoms with Crippen LogP contribution in [0.4, 0.5) is 0 Å². The SMILES string of the molecule is CCc1ccc(-c2ccc(-c3ccc(-c4ccc(-c5ccc(CC)s5)cc4)s3)cc2)s1. The highest BCUT2D eigenvalue weighted by Gasteiger charge is 2.08. The molecule has 0 fully saturated rings. The summed E-state index contributed by atoms with van der Waals surface area (Å²) < 4.78 is 0. The van der Waals surface area contributed by atoms with E-state index in [2.05, 4.69) is 98.8 Å². The summed E-state index contributed by atoms with van der Waals surface area (Å²) in [7, 11) is 0. The summed E-state index contributed by atoms with van der Waals surface area (Å²) in [5.74, 6) is 0. The number of thiophene rings is 3. The fraction of sp³-hybridized carbons (Fsp3) is 0.143. The standard InChI is InChI=1S/C28H24S3/c1-3-23-13-15-25(29-23)19-5-9-21(10-6-19)27-17-18-28(31-27)22-11-7-20(8-12-22)26-16-14-24(4-2)30-26/h5-18H,3-4H2,1-2H3. The van der Waals surface area contributed by atoms with E-state index in [1.807, 2.05) is 34.0 Å². The van der Waals surface area contributed by atoms with Crippen LogP contribution in [0.25, 0.3) is 41.8 Å². The lowest BCUT2D eigenvalue weighted by Gasteiger charge is -2.02. The van der Waals surface area contributed by atoms with E-state index < -0.39 is 0 Å². The van der Waals surface area contributed by atoms with Crippen LogP contribution in [0.2, 0.25) is 0 Å². The summed E-state index contributed by atoms with van der Waals surface area (Å²) in [6, 6.07) is 31.5. The van der Waals surface area contributed by atoms with Gasteiger partial charge in [-0.1, -0.05) is 62.4 Å². The van der Waals surface area contributed by atoms with Gasteiger partial charge in [-0.15, -0.1) is 34.0 Å². The minimum absolute atomic E-state index is 1.11. The van der Waals surface area contributed by atoms with Crippen LogP contribution in [0.3, 0.4) is 0 Å². The van der Waals surface area contributed by atoms with E-state index in [1.54, 1.807) is 0 Å². The third kappa shape index (κ3) is 4.31. The van der Waals surface area contributed by atoms with Crippen molar-refractivity contribution in [2.45, 2.75) is 26.7 Å². The molecule has 0 saturated carbocycles. The van der Waals surface area contributed by atoms with Crippen molar-refractivity contribution in [1.82, 2.24) is 0 Å². The Kier molecular flexibility index (Phi) is 5.91. The fourth-order valence-electron chi connectivity index (χ4n) is 3.69. The summed E-state index contributed by atoms with van der Waals surface area (Å²) in [6.07, 6.45) is 2.21. The van der Waals surface area contributed by atoms with Gasteiger partial charge in [-0.05, 0) is 71.5 Å². The van der Waals surface area contributed by atoms with E-state index in [-0.39, 0.29) is 0 Å². The predicted octanol–water partition coefficient (Wildman–Crippen LogP) is 9.66. The van der Waals surface area contributed by atoms with Crippen molar-refractivity contribution in [3.63, 3.8) is 0 Å². The van der Waals surface area contributed by atoms with Crippen molar-refractivity contribution in [3.05, 3.63) is 94.7 Å². The van der Waals surface area contributed by atoms with Crippen LogP contribution in [0.15, 0.2) is 84.9 Å². The molecule has 31 heavy (non-hydrogen) atoms. The van der Waals surface area contributed by atoms with Crippen LogP contribution in [-0.2, 0) is 12.8 Å². The van der Waals surface area contributed by atoms with Gasteiger partial charge in [0.05, 0.1) is 0 Å². The first kappa shape index (κ1) is 20.4. The zero-order valence-electron chi connectivity index (χ0n) is 17.7. The van der Waals surface area contributed by atoms with Crippen molar-refractivity contribution >= 4 is 34.0 Å². The van der Waals surface area contributed by atoms with Gasteiger partial charge in [0.15, 0.2) is 0 Å². The van der Waals surface area contributed by atoms with E-state index in [9.17, 15) is 0 Å². The van der Waals surface area contributed by atoms with E-state index in [4.69, 9.17) is 0 Å². The van der Waals surface area contributed by atoms with Crippen molar-refractivity contribution in [2.24, 2.45) is 0 Å². The van der Waals surface area contributed by atoms with Crippen LogP contribution >= 0.6 is 34.0 Å². The Bertz CT molecular complexity index is 1180. The minimum Gasteiger partial charge on any atom is -0.140 e. The van der Waals surface area contributed by atoms with Crippen molar-refractivity contribution in [3.8, 4) is 41.8 Å². The molecule has 3 aromatic heterocycles. The van der Waals surface area contributed by atoms with Gasteiger partial charge >= 0.3 is 0 Å². The minimum atomic E-state index is 1.11. The van der Waals surface area contributed by atoms with E-state index >= 15 is 0 Å². The Hall–Kier alpha value is -2.46. The summed E-state index contributed by atoms with van der Waals surface area (Å²) >= 11 is 5.65. The van der Waals surface area contributed by atoms with Crippen LogP contribution < -0.4 is 0 Å². The highest BCUT2D eigenvalue weighted by molar-refractivity contribution is 7.18.